The van der Waals surface area contributed by atoms with Gasteiger partial charge in [0.25, 0.3) is 0 Å². The molecule has 0 aliphatic carbocycles. The van der Waals surface area contributed by atoms with Gasteiger partial charge in [0.05, 0.1) is 6.54 Å². The van der Waals surface area contributed by atoms with Crippen LogP contribution in [0.3, 0.4) is 0 Å². The van der Waals surface area contributed by atoms with E-state index >= 15 is 0 Å². The van der Waals surface area contributed by atoms with Crippen molar-refractivity contribution in [1.29, 1.82) is 0 Å². The zero-order valence-electron chi connectivity index (χ0n) is 11.0. The third-order valence-electron chi connectivity index (χ3n) is 3.89. The maximum absolute atomic E-state index is 11.0. The van der Waals surface area contributed by atoms with Crippen molar-refractivity contribution in [2.24, 2.45) is 0 Å². The fraction of sp³-hybridized carbons (Fsp3) is 0.538. The summed E-state index contributed by atoms with van der Waals surface area (Å²) in [6.45, 7) is 4.98. The Bertz CT molecular complexity index is 497. The van der Waals surface area contributed by atoms with Gasteiger partial charge in [-0.05, 0) is 24.2 Å². The fourth-order valence-corrected chi connectivity index (χ4v) is 2.61. The smallest absolute Gasteiger partial charge is 0.407 e. The number of carboxylic acid groups (broad SMARTS) is 1. The van der Waals surface area contributed by atoms with Gasteiger partial charge in [-0.1, -0.05) is 0 Å². The average molecular weight is 262 g/mol. The predicted molar refractivity (Wildman–Crippen MR) is 71.2 cm³/mol. The Morgan fingerprint density at radius 1 is 1.21 bits per heavy atom. The number of piperazine rings is 1. The van der Waals surface area contributed by atoms with Gasteiger partial charge in [0.15, 0.2) is 0 Å². The molecule has 1 aromatic rings. The Kier molecular flexibility index (Phi) is 3.02. The molecule has 1 aromatic heterocycles. The van der Waals surface area contributed by atoms with Crippen molar-refractivity contribution in [3.05, 3.63) is 23.4 Å². The van der Waals surface area contributed by atoms with Gasteiger partial charge < -0.3 is 14.9 Å². The van der Waals surface area contributed by atoms with Crippen LogP contribution in [0.5, 0.6) is 0 Å². The summed E-state index contributed by atoms with van der Waals surface area (Å²) in [5.74, 6) is 0.971. The highest BCUT2D eigenvalue weighted by Crippen LogP contribution is 2.25. The zero-order valence-corrected chi connectivity index (χ0v) is 11.0. The molecular formula is C13H18N4O2. The van der Waals surface area contributed by atoms with Crippen molar-refractivity contribution >= 4 is 11.9 Å². The van der Waals surface area contributed by atoms with Crippen molar-refractivity contribution < 1.29 is 9.90 Å². The van der Waals surface area contributed by atoms with E-state index in [0.29, 0.717) is 13.1 Å². The molecule has 0 atom stereocenters. The molecule has 1 saturated heterocycles. The highest BCUT2D eigenvalue weighted by molar-refractivity contribution is 5.66. The number of nitrogens with zero attached hydrogens (tertiary/aromatic N) is 4. The van der Waals surface area contributed by atoms with Gasteiger partial charge in [-0.25, -0.2) is 9.78 Å². The molecule has 6 nitrogen and oxygen atoms in total. The summed E-state index contributed by atoms with van der Waals surface area (Å²) in [4.78, 5) is 21.4. The van der Waals surface area contributed by atoms with Crippen molar-refractivity contribution in [3.8, 4) is 0 Å². The number of amides is 1. The van der Waals surface area contributed by atoms with Crippen LogP contribution in [-0.2, 0) is 13.1 Å². The number of hydrogen-bond donors (Lipinski definition) is 1. The summed E-state index contributed by atoms with van der Waals surface area (Å²) in [5, 5.41) is 9.02. The third kappa shape index (κ3) is 2.35. The van der Waals surface area contributed by atoms with Crippen molar-refractivity contribution in [2.45, 2.75) is 13.1 Å². The van der Waals surface area contributed by atoms with Crippen LogP contribution in [0.25, 0.3) is 0 Å². The van der Waals surface area contributed by atoms with Gasteiger partial charge >= 0.3 is 6.09 Å². The lowest BCUT2D eigenvalue weighted by molar-refractivity contribution is 0.145. The molecule has 19 heavy (non-hydrogen) atoms. The zero-order chi connectivity index (χ0) is 13.4. The van der Waals surface area contributed by atoms with Gasteiger partial charge in [-0.3, -0.25) is 4.90 Å². The minimum atomic E-state index is -0.864. The summed E-state index contributed by atoms with van der Waals surface area (Å²) >= 11 is 0. The summed E-state index contributed by atoms with van der Waals surface area (Å²) in [5.41, 5.74) is 2.12. The van der Waals surface area contributed by atoms with E-state index in [9.17, 15) is 4.79 Å². The molecule has 0 unspecified atom stereocenters. The maximum Gasteiger partial charge on any atom is 0.407 e. The highest BCUT2D eigenvalue weighted by Gasteiger charge is 2.24. The molecule has 0 radical (unpaired) electrons. The van der Waals surface area contributed by atoms with E-state index in [4.69, 9.17) is 5.11 Å². The highest BCUT2D eigenvalue weighted by atomic mass is 16.4. The van der Waals surface area contributed by atoms with E-state index in [1.54, 1.807) is 0 Å². The number of likely N-dealkylation sites (N-methyl/N-ethyl adjacent to an activating group) is 1. The van der Waals surface area contributed by atoms with Crippen LogP contribution in [0.4, 0.5) is 10.6 Å². The van der Waals surface area contributed by atoms with Crippen LogP contribution >= 0.6 is 0 Å². The van der Waals surface area contributed by atoms with E-state index in [2.05, 4.69) is 21.8 Å². The molecule has 0 saturated carbocycles. The van der Waals surface area contributed by atoms with Crippen LogP contribution in [0.1, 0.15) is 11.1 Å². The molecule has 6 heteroatoms. The summed E-state index contributed by atoms with van der Waals surface area (Å²) in [6.07, 6.45) is 0.962. The Hall–Kier alpha value is -1.82. The van der Waals surface area contributed by atoms with Crippen molar-refractivity contribution in [1.82, 2.24) is 14.8 Å². The van der Waals surface area contributed by atoms with Crippen LogP contribution in [0.2, 0.25) is 0 Å². The van der Waals surface area contributed by atoms with E-state index in [-0.39, 0.29) is 0 Å². The first-order valence-corrected chi connectivity index (χ1v) is 6.52. The van der Waals surface area contributed by atoms with Gasteiger partial charge in [-0.2, -0.15) is 0 Å². The lowest BCUT2D eigenvalue weighted by Gasteiger charge is -2.33. The van der Waals surface area contributed by atoms with Gasteiger partial charge in [0, 0.05) is 38.9 Å². The normalized spacial score (nSPS) is 19.6. The van der Waals surface area contributed by atoms with Crippen molar-refractivity contribution in [2.75, 3.05) is 38.1 Å². The first-order chi connectivity index (χ1) is 9.13. The lowest BCUT2D eigenvalue weighted by Crippen LogP contribution is -2.44. The van der Waals surface area contributed by atoms with Gasteiger partial charge in [0.2, 0.25) is 0 Å². The molecule has 1 amide bonds. The molecule has 1 fully saturated rings. The standard InChI is InChI=1S/C13H18N4O2/c1-15-2-4-16(5-3-15)12-6-10-8-17(13(18)19)9-11(10)7-14-12/h6-7H,2-5,8-9H2,1H3,(H,18,19). The van der Waals surface area contributed by atoms with E-state index in [1.165, 1.54) is 4.90 Å². The Labute approximate surface area is 112 Å². The summed E-state index contributed by atoms with van der Waals surface area (Å²) in [7, 11) is 2.12. The second-order valence-electron chi connectivity index (χ2n) is 5.24. The molecule has 0 bridgehead atoms. The maximum atomic E-state index is 11.0. The monoisotopic (exact) mass is 262 g/mol. The van der Waals surface area contributed by atoms with Gasteiger partial charge in [-0.15, -0.1) is 0 Å². The molecule has 3 rings (SSSR count). The molecule has 0 aromatic carbocycles. The Balaban J connectivity index is 1.76. The number of aromatic nitrogens is 1. The Morgan fingerprint density at radius 2 is 1.89 bits per heavy atom. The number of hydrogen-bond acceptors (Lipinski definition) is 4. The van der Waals surface area contributed by atoms with Crippen LogP contribution < -0.4 is 4.90 Å². The topological polar surface area (TPSA) is 59.9 Å². The van der Waals surface area contributed by atoms with Crippen LogP contribution in [0, 0.1) is 0 Å². The third-order valence-corrected chi connectivity index (χ3v) is 3.89. The quantitative estimate of drug-likeness (QED) is 0.812. The second-order valence-corrected chi connectivity index (χ2v) is 5.24. The molecule has 2 aliphatic rings. The second kappa shape index (κ2) is 4.70. The minimum Gasteiger partial charge on any atom is -0.465 e. The minimum absolute atomic E-state index is 0.459. The lowest BCUT2D eigenvalue weighted by atomic mass is 10.2. The number of carbonyl (C=O) groups is 1. The first-order valence-electron chi connectivity index (χ1n) is 6.52. The number of pyridine rings is 1. The number of fused-ring (bicyclic) bond motifs is 1. The summed E-state index contributed by atoms with van der Waals surface area (Å²) < 4.78 is 0. The van der Waals surface area contributed by atoms with E-state index in [1.807, 2.05) is 12.3 Å². The first kappa shape index (κ1) is 12.2. The van der Waals surface area contributed by atoms with E-state index < -0.39 is 6.09 Å². The summed E-state index contributed by atoms with van der Waals surface area (Å²) in [6, 6.07) is 2.05. The molecule has 3 heterocycles. The largest absolute Gasteiger partial charge is 0.465 e. The molecule has 1 N–H and O–H groups in total. The number of anilines is 1. The molecule has 102 valence electrons. The average Bonchev–Trinajstić information content (AvgIpc) is 2.82. The van der Waals surface area contributed by atoms with E-state index in [0.717, 1.165) is 43.1 Å². The van der Waals surface area contributed by atoms with Crippen molar-refractivity contribution in [3.63, 3.8) is 0 Å². The number of rotatable bonds is 1. The Morgan fingerprint density at radius 3 is 2.58 bits per heavy atom. The molecule has 0 spiro atoms. The molecular weight excluding hydrogens is 244 g/mol. The molecule has 2 aliphatic heterocycles. The fourth-order valence-electron chi connectivity index (χ4n) is 2.61. The predicted octanol–water partition coefficient (Wildman–Crippen LogP) is 0.827. The van der Waals surface area contributed by atoms with Crippen LogP contribution in [0.15, 0.2) is 12.3 Å². The van der Waals surface area contributed by atoms with Crippen LogP contribution in [-0.4, -0.2) is 59.2 Å². The SMILES string of the molecule is CN1CCN(c2cc3c(cn2)CN(C(=O)O)C3)CC1. The van der Waals surface area contributed by atoms with Gasteiger partial charge in [0.1, 0.15) is 5.82 Å².